The number of halogens is 2. The van der Waals surface area contributed by atoms with E-state index in [2.05, 4.69) is 5.32 Å². The zero-order chi connectivity index (χ0) is 18.0. The first kappa shape index (κ1) is 17.3. The summed E-state index contributed by atoms with van der Waals surface area (Å²) in [4.78, 5) is 26.4. The fourth-order valence-corrected chi connectivity index (χ4v) is 3.05. The highest BCUT2D eigenvalue weighted by Crippen LogP contribution is 2.29. The maximum absolute atomic E-state index is 13.6. The van der Waals surface area contributed by atoms with Gasteiger partial charge in [0.05, 0.1) is 17.8 Å². The van der Waals surface area contributed by atoms with Crippen LogP contribution in [0.4, 0.5) is 4.39 Å². The molecule has 0 unspecified atom stereocenters. The van der Waals surface area contributed by atoms with E-state index < -0.39 is 23.5 Å². The quantitative estimate of drug-likeness (QED) is 0.871. The first-order valence-electron chi connectivity index (χ1n) is 7.76. The summed E-state index contributed by atoms with van der Waals surface area (Å²) in [5, 5.41) is 11.9. The van der Waals surface area contributed by atoms with Crippen molar-refractivity contribution in [3.63, 3.8) is 0 Å². The highest BCUT2D eigenvalue weighted by Gasteiger charge is 2.35. The maximum Gasteiger partial charge on any atom is 0.254 e. The van der Waals surface area contributed by atoms with Gasteiger partial charge in [-0.3, -0.25) is 9.59 Å². The molecule has 2 amide bonds. The van der Waals surface area contributed by atoms with E-state index in [4.69, 9.17) is 16.0 Å². The molecule has 0 spiro atoms. The van der Waals surface area contributed by atoms with E-state index >= 15 is 0 Å². The number of nitrogens with one attached hydrogen (secondary N) is 1. The molecule has 1 fully saturated rings. The van der Waals surface area contributed by atoms with Gasteiger partial charge in [-0.05, 0) is 37.1 Å². The molecule has 6 nitrogen and oxygen atoms in total. The third-order valence-corrected chi connectivity index (χ3v) is 4.39. The predicted molar refractivity (Wildman–Crippen MR) is 87.7 cm³/mol. The Balaban J connectivity index is 1.72. The average molecular weight is 367 g/mol. The van der Waals surface area contributed by atoms with Gasteiger partial charge in [-0.1, -0.05) is 11.6 Å². The summed E-state index contributed by atoms with van der Waals surface area (Å²) >= 11 is 5.73. The fraction of sp³-hybridized carbons (Fsp3) is 0.294. The Morgan fingerprint density at radius 1 is 1.44 bits per heavy atom. The number of carbonyl (C=O) groups excluding carboxylic acids is 2. The average Bonchev–Trinajstić information content (AvgIpc) is 3.27. The minimum absolute atomic E-state index is 0.00830. The minimum Gasteiger partial charge on any atom is -0.504 e. The molecule has 0 radical (unpaired) electrons. The zero-order valence-corrected chi connectivity index (χ0v) is 13.9. The van der Waals surface area contributed by atoms with Gasteiger partial charge in [0.25, 0.3) is 5.91 Å². The summed E-state index contributed by atoms with van der Waals surface area (Å²) in [5.74, 6) is -1.87. The topological polar surface area (TPSA) is 82.8 Å². The second kappa shape index (κ2) is 7.14. The molecular formula is C17H16ClFN2O4. The molecule has 1 aliphatic rings. The molecule has 1 atom stereocenters. The first-order valence-corrected chi connectivity index (χ1v) is 8.14. The van der Waals surface area contributed by atoms with Gasteiger partial charge in [0.1, 0.15) is 11.8 Å². The molecule has 132 valence electrons. The lowest BCUT2D eigenvalue weighted by Crippen LogP contribution is -2.45. The summed E-state index contributed by atoms with van der Waals surface area (Å²) in [5.41, 5.74) is -0.00830. The summed E-state index contributed by atoms with van der Waals surface area (Å²) in [6.45, 7) is 0.613. The normalized spacial score (nSPS) is 16.9. The number of aromatic hydroxyl groups is 1. The van der Waals surface area contributed by atoms with Gasteiger partial charge in [0.15, 0.2) is 11.6 Å². The Kier molecular flexibility index (Phi) is 4.94. The molecule has 3 rings (SSSR count). The molecule has 1 saturated heterocycles. The van der Waals surface area contributed by atoms with Gasteiger partial charge in [-0.2, -0.15) is 0 Å². The Morgan fingerprint density at radius 3 is 2.92 bits per heavy atom. The standard InChI is InChI=1S/C17H16ClFN2O4/c18-12-7-10(8-13(19)15(12)22)17(24)21-5-1-4-14(21)16(23)20-9-11-3-2-6-25-11/h2-3,6-8,14,22H,1,4-5,9H2,(H,20,23)/t14-/m1/s1. The highest BCUT2D eigenvalue weighted by molar-refractivity contribution is 6.32. The molecular weight excluding hydrogens is 351 g/mol. The van der Waals surface area contributed by atoms with E-state index in [9.17, 15) is 19.1 Å². The molecule has 0 aliphatic carbocycles. The molecule has 0 saturated carbocycles. The van der Waals surface area contributed by atoms with Crippen molar-refractivity contribution in [1.82, 2.24) is 10.2 Å². The van der Waals surface area contributed by atoms with Gasteiger partial charge >= 0.3 is 0 Å². The Morgan fingerprint density at radius 2 is 2.24 bits per heavy atom. The van der Waals surface area contributed by atoms with Crippen LogP contribution in [0, 0.1) is 5.82 Å². The van der Waals surface area contributed by atoms with Crippen molar-refractivity contribution in [1.29, 1.82) is 0 Å². The van der Waals surface area contributed by atoms with Crippen LogP contribution in [0.2, 0.25) is 5.02 Å². The van der Waals surface area contributed by atoms with Crippen LogP contribution in [-0.2, 0) is 11.3 Å². The second-order valence-electron chi connectivity index (χ2n) is 5.74. The number of phenols is 1. The highest BCUT2D eigenvalue weighted by atomic mass is 35.5. The minimum atomic E-state index is -0.978. The number of rotatable bonds is 4. The van der Waals surface area contributed by atoms with Crippen LogP contribution >= 0.6 is 11.6 Å². The summed E-state index contributed by atoms with van der Waals surface area (Å²) in [6, 6.07) is 4.92. The van der Waals surface area contributed by atoms with Crippen LogP contribution < -0.4 is 5.32 Å². The van der Waals surface area contributed by atoms with Gasteiger partial charge in [-0.25, -0.2) is 4.39 Å². The van der Waals surface area contributed by atoms with Crippen molar-refractivity contribution in [2.24, 2.45) is 0 Å². The molecule has 1 aromatic carbocycles. The molecule has 25 heavy (non-hydrogen) atoms. The molecule has 2 N–H and O–H groups in total. The lowest BCUT2D eigenvalue weighted by Gasteiger charge is -2.24. The summed E-state index contributed by atoms with van der Waals surface area (Å²) < 4.78 is 18.8. The monoisotopic (exact) mass is 366 g/mol. The number of carbonyl (C=O) groups is 2. The lowest BCUT2D eigenvalue weighted by molar-refractivity contribution is -0.125. The second-order valence-corrected chi connectivity index (χ2v) is 6.15. The fourth-order valence-electron chi connectivity index (χ4n) is 2.84. The third-order valence-electron chi connectivity index (χ3n) is 4.10. The van der Waals surface area contributed by atoms with Crippen LogP contribution in [0.5, 0.6) is 5.75 Å². The molecule has 8 heteroatoms. The van der Waals surface area contributed by atoms with Crippen molar-refractivity contribution < 1.29 is 23.5 Å². The Bertz CT molecular complexity index is 771. The van der Waals surface area contributed by atoms with Gasteiger partial charge in [0.2, 0.25) is 5.91 Å². The van der Waals surface area contributed by atoms with Gasteiger partial charge < -0.3 is 19.7 Å². The smallest absolute Gasteiger partial charge is 0.254 e. The van der Waals surface area contributed by atoms with E-state index in [1.807, 2.05) is 0 Å². The Hall–Kier alpha value is -2.54. The number of amides is 2. The molecule has 1 aliphatic heterocycles. The van der Waals surface area contributed by atoms with Gasteiger partial charge in [0, 0.05) is 12.1 Å². The zero-order valence-electron chi connectivity index (χ0n) is 13.2. The van der Waals surface area contributed by atoms with E-state index in [1.54, 1.807) is 12.1 Å². The molecule has 0 bridgehead atoms. The summed E-state index contributed by atoms with van der Waals surface area (Å²) in [7, 11) is 0. The number of phenolic OH excluding ortho intramolecular Hbond substituents is 1. The van der Waals surface area contributed by atoms with Crippen LogP contribution in [-0.4, -0.2) is 34.4 Å². The predicted octanol–water partition coefficient (Wildman–Crippen LogP) is 2.70. The number of likely N-dealkylation sites (tertiary alicyclic amines) is 1. The largest absolute Gasteiger partial charge is 0.504 e. The number of nitrogens with zero attached hydrogens (tertiary/aromatic N) is 1. The van der Waals surface area contributed by atoms with E-state index in [-0.39, 0.29) is 23.0 Å². The lowest BCUT2D eigenvalue weighted by atomic mass is 10.1. The van der Waals surface area contributed by atoms with Crippen LogP contribution in [0.25, 0.3) is 0 Å². The van der Waals surface area contributed by atoms with Gasteiger partial charge in [-0.15, -0.1) is 0 Å². The molecule has 2 heterocycles. The van der Waals surface area contributed by atoms with Crippen molar-refractivity contribution in [3.8, 4) is 5.75 Å². The van der Waals surface area contributed by atoms with Crippen LogP contribution in [0.3, 0.4) is 0 Å². The van der Waals surface area contributed by atoms with E-state index in [1.165, 1.54) is 17.2 Å². The Labute approximate surface area is 148 Å². The number of hydrogen-bond donors (Lipinski definition) is 2. The molecule has 2 aromatic rings. The molecule has 1 aromatic heterocycles. The SMILES string of the molecule is O=C(NCc1ccco1)[C@H]1CCCN1C(=O)c1cc(F)c(O)c(Cl)c1. The maximum atomic E-state index is 13.6. The summed E-state index contributed by atoms with van der Waals surface area (Å²) in [6.07, 6.45) is 2.69. The number of benzene rings is 1. The van der Waals surface area contributed by atoms with Crippen molar-refractivity contribution in [2.45, 2.75) is 25.4 Å². The van der Waals surface area contributed by atoms with Crippen molar-refractivity contribution in [2.75, 3.05) is 6.54 Å². The van der Waals surface area contributed by atoms with Crippen LogP contribution in [0.1, 0.15) is 29.0 Å². The van der Waals surface area contributed by atoms with Crippen LogP contribution in [0.15, 0.2) is 34.9 Å². The van der Waals surface area contributed by atoms with E-state index in [0.717, 1.165) is 6.07 Å². The number of furan rings is 1. The van der Waals surface area contributed by atoms with Crippen molar-refractivity contribution in [3.05, 3.63) is 52.7 Å². The first-order chi connectivity index (χ1) is 12.0. The van der Waals surface area contributed by atoms with Crippen molar-refractivity contribution >= 4 is 23.4 Å². The third kappa shape index (κ3) is 3.61. The van der Waals surface area contributed by atoms with E-state index in [0.29, 0.717) is 25.1 Å². The number of hydrogen-bond acceptors (Lipinski definition) is 4.